The van der Waals surface area contributed by atoms with Gasteiger partial charge in [0.05, 0.1) is 0 Å². The summed E-state index contributed by atoms with van der Waals surface area (Å²) in [5.74, 6) is -0.830. The molecule has 0 saturated heterocycles. The Kier molecular flexibility index (Phi) is 9.69. The summed E-state index contributed by atoms with van der Waals surface area (Å²) in [6.07, 6.45) is 26.0. The molecule has 0 bridgehead atoms. The molecule has 2 heteroatoms. The molecule has 1 N–H and O–H groups in total. The lowest BCUT2D eigenvalue weighted by molar-refractivity contribution is -0.131. The van der Waals surface area contributed by atoms with E-state index in [4.69, 9.17) is 5.11 Å². The van der Waals surface area contributed by atoms with Crippen molar-refractivity contribution in [1.29, 1.82) is 0 Å². The molecule has 2 rings (SSSR count). The zero-order valence-corrected chi connectivity index (χ0v) is 15.9. The molecule has 0 aliphatic heterocycles. The van der Waals surface area contributed by atoms with Crippen molar-refractivity contribution in [3.05, 3.63) is 34.9 Å². The molecule has 0 saturated carbocycles. The van der Waals surface area contributed by atoms with E-state index in [0.717, 1.165) is 12.8 Å². The molecule has 25 heavy (non-hydrogen) atoms. The minimum atomic E-state index is -0.830. The first-order chi connectivity index (χ1) is 12.3. The molecule has 0 fully saturated rings. The van der Waals surface area contributed by atoms with Crippen LogP contribution in [-0.2, 0) is 4.79 Å². The second-order valence-corrected chi connectivity index (χ2v) is 7.69. The van der Waals surface area contributed by atoms with Gasteiger partial charge in [0, 0.05) is 6.08 Å². The Bertz CT molecular complexity index is 496. The summed E-state index contributed by atoms with van der Waals surface area (Å²) >= 11 is 0. The van der Waals surface area contributed by atoms with Crippen LogP contribution in [-0.4, -0.2) is 11.1 Å². The second-order valence-electron chi connectivity index (χ2n) is 7.69. The third-order valence-corrected chi connectivity index (χ3v) is 5.62. The van der Waals surface area contributed by atoms with Crippen LogP contribution >= 0.6 is 0 Å². The van der Waals surface area contributed by atoms with Crippen LogP contribution < -0.4 is 0 Å². The van der Waals surface area contributed by atoms with E-state index in [-0.39, 0.29) is 0 Å². The van der Waals surface area contributed by atoms with Crippen LogP contribution in [0.5, 0.6) is 0 Å². The van der Waals surface area contributed by atoms with Gasteiger partial charge in [0.25, 0.3) is 0 Å². The monoisotopic (exact) mass is 344 g/mol. The molecular formula is C23H36O2. The van der Waals surface area contributed by atoms with Gasteiger partial charge in [-0.2, -0.15) is 0 Å². The first-order valence-corrected chi connectivity index (χ1v) is 10.6. The highest BCUT2D eigenvalue weighted by Gasteiger charge is 2.13. The van der Waals surface area contributed by atoms with Gasteiger partial charge in [-0.25, -0.2) is 4.79 Å². The highest BCUT2D eigenvalue weighted by atomic mass is 16.4. The van der Waals surface area contributed by atoms with E-state index in [9.17, 15) is 4.79 Å². The lowest BCUT2D eigenvalue weighted by atomic mass is 9.86. The lowest BCUT2D eigenvalue weighted by Crippen LogP contribution is -2.01. The van der Waals surface area contributed by atoms with Gasteiger partial charge in [-0.3, -0.25) is 0 Å². The predicted molar refractivity (Wildman–Crippen MR) is 106 cm³/mol. The first-order valence-electron chi connectivity index (χ1n) is 10.6. The van der Waals surface area contributed by atoms with E-state index in [2.05, 4.69) is 6.08 Å². The van der Waals surface area contributed by atoms with E-state index >= 15 is 0 Å². The van der Waals surface area contributed by atoms with Crippen molar-refractivity contribution in [3.63, 3.8) is 0 Å². The van der Waals surface area contributed by atoms with Crippen LogP contribution in [0.25, 0.3) is 0 Å². The quantitative estimate of drug-likeness (QED) is 0.553. The van der Waals surface area contributed by atoms with Gasteiger partial charge in [0.2, 0.25) is 0 Å². The maximum Gasteiger partial charge on any atom is 0.328 e. The summed E-state index contributed by atoms with van der Waals surface area (Å²) in [6.45, 7) is 0. The maximum absolute atomic E-state index is 11.1. The van der Waals surface area contributed by atoms with Crippen LogP contribution in [0.1, 0.15) is 103 Å². The van der Waals surface area contributed by atoms with Gasteiger partial charge in [-0.05, 0) is 68.1 Å². The molecule has 2 nitrogen and oxygen atoms in total. The third-order valence-electron chi connectivity index (χ3n) is 5.62. The zero-order chi connectivity index (χ0) is 17.7. The van der Waals surface area contributed by atoms with Crippen LogP contribution in [0.3, 0.4) is 0 Å². The molecule has 0 heterocycles. The van der Waals surface area contributed by atoms with Crippen LogP contribution in [0.15, 0.2) is 34.9 Å². The highest BCUT2D eigenvalue weighted by molar-refractivity contribution is 5.80. The topological polar surface area (TPSA) is 37.3 Å². The molecule has 0 radical (unpaired) electrons. The van der Waals surface area contributed by atoms with Crippen molar-refractivity contribution in [2.45, 2.75) is 103 Å². The predicted octanol–water partition coefficient (Wildman–Crippen LogP) is 7.12. The number of hydrogen-bond acceptors (Lipinski definition) is 1. The van der Waals surface area contributed by atoms with Gasteiger partial charge >= 0.3 is 5.97 Å². The van der Waals surface area contributed by atoms with Gasteiger partial charge < -0.3 is 5.11 Å². The average molecular weight is 345 g/mol. The number of hydrogen-bond donors (Lipinski definition) is 1. The van der Waals surface area contributed by atoms with E-state index in [0.29, 0.717) is 0 Å². The fourth-order valence-electron chi connectivity index (χ4n) is 4.18. The Balaban J connectivity index is 2.28. The van der Waals surface area contributed by atoms with Crippen LogP contribution in [0, 0.1) is 0 Å². The largest absolute Gasteiger partial charge is 0.478 e. The van der Waals surface area contributed by atoms with E-state index in [1.165, 1.54) is 113 Å². The Labute approximate surface area is 154 Å². The Morgan fingerprint density at radius 1 is 0.760 bits per heavy atom. The minimum Gasteiger partial charge on any atom is -0.478 e. The Morgan fingerprint density at radius 2 is 1.32 bits per heavy atom. The maximum atomic E-state index is 11.1. The highest BCUT2D eigenvalue weighted by Crippen LogP contribution is 2.32. The number of rotatable bonds is 3. The average Bonchev–Trinajstić information content (AvgIpc) is 2.62. The molecule has 0 aromatic heterocycles. The SMILES string of the molecule is O=C(O)C=C/C1=C(\C2=CCCCCCCCC2)CCCCCCCC1. The Hall–Kier alpha value is -1.31. The van der Waals surface area contributed by atoms with Gasteiger partial charge in [-0.15, -0.1) is 0 Å². The summed E-state index contributed by atoms with van der Waals surface area (Å²) in [5.41, 5.74) is 4.32. The van der Waals surface area contributed by atoms with Crippen molar-refractivity contribution >= 4 is 5.97 Å². The summed E-state index contributed by atoms with van der Waals surface area (Å²) in [6, 6.07) is 0. The second kappa shape index (κ2) is 12.1. The summed E-state index contributed by atoms with van der Waals surface area (Å²) < 4.78 is 0. The zero-order valence-electron chi connectivity index (χ0n) is 15.9. The summed E-state index contributed by atoms with van der Waals surface area (Å²) in [7, 11) is 0. The van der Waals surface area contributed by atoms with Crippen molar-refractivity contribution < 1.29 is 9.90 Å². The van der Waals surface area contributed by atoms with E-state index in [1.54, 1.807) is 0 Å². The number of carboxylic acid groups (broad SMARTS) is 1. The normalized spacial score (nSPS) is 25.4. The minimum absolute atomic E-state index is 0.830. The molecule has 140 valence electrons. The van der Waals surface area contributed by atoms with E-state index in [1.807, 2.05) is 6.08 Å². The molecule has 0 spiro atoms. The van der Waals surface area contributed by atoms with Crippen molar-refractivity contribution in [1.82, 2.24) is 0 Å². The van der Waals surface area contributed by atoms with Crippen molar-refractivity contribution in [3.8, 4) is 0 Å². The van der Waals surface area contributed by atoms with Crippen molar-refractivity contribution in [2.75, 3.05) is 0 Å². The van der Waals surface area contributed by atoms with Gasteiger partial charge in [-0.1, -0.05) is 63.5 Å². The molecule has 0 aromatic carbocycles. The lowest BCUT2D eigenvalue weighted by Gasteiger charge is -2.19. The standard InChI is InChI=1S/C23H36O2/c24-23(25)19-18-21-16-12-8-4-5-9-13-17-22(21)20-14-10-6-2-1-3-7-11-15-20/h14,18-19H,1-13,15-17H2,(H,24,25)/b19-18?,20-14?,22-21-. The molecule has 0 aromatic rings. The number of aliphatic carboxylic acids is 1. The van der Waals surface area contributed by atoms with Crippen LogP contribution in [0.4, 0.5) is 0 Å². The smallest absolute Gasteiger partial charge is 0.328 e. The summed E-state index contributed by atoms with van der Waals surface area (Å²) in [4.78, 5) is 11.1. The molecule has 0 amide bonds. The molecule has 2 aliphatic carbocycles. The molecule has 0 atom stereocenters. The molecule has 0 unspecified atom stereocenters. The van der Waals surface area contributed by atoms with Gasteiger partial charge in [0.15, 0.2) is 0 Å². The number of carbonyl (C=O) groups is 1. The first kappa shape index (κ1) is 20.0. The molecular weight excluding hydrogens is 308 g/mol. The van der Waals surface area contributed by atoms with Gasteiger partial charge in [0.1, 0.15) is 0 Å². The molecule has 2 aliphatic rings. The number of allylic oxidation sites excluding steroid dienone is 5. The third kappa shape index (κ3) is 8.07. The number of carboxylic acids is 1. The van der Waals surface area contributed by atoms with Crippen LogP contribution in [0.2, 0.25) is 0 Å². The fraction of sp³-hybridized carbons (Fsp3) is 0.696. The van der Waals surface area contributed by atoms with E-state index < -0.39 is 5.97 Å². The Morgan fingerprint density at radius 3 is 2.00 bits per heavy atom. The summed E-state index contributed by atoms with van der Waals surface area (Å²) in [5, 5.41) is 9.09. The van der Waals surface area contributed by atoms with Crippen molar-refractivity contribution in [2.24, 2.45) is 0 Å². The fourth-order valence-corrected chi connectivity index (χ4v) is 4.18.